The van der Waals surface area contributed by atoms with Gasteiger partial charge in [-0.25, -0.2) is 4.39 Å². The summed E-state index contributed by atoms with van der Waals surface area (Å²) in [7, 11) is 2.04. The zero-order valence-corrected chi connectivity index (χ0v) is 11.3. The molecule has 0 heterocycles. The molecule has 0 radical (unpaired) electrons. The van der Waals surface area contributed by atoms with E-state index in [1.165, 1.54) is 6.07 Å². The number of halogens is 2. The Morgan fingerprint density at radius 3 is 2.69 bits per heavy atom. The summed E-state index contributed by atoms with van der Waals surface area (Å²) < 4.78 is 13.6. The van der Waals surface area contributed by atoms with Crippen molar-refractivity contribution in [1.29, 1.82) is 0 Å². The van der Waals surface area contributed by atoms with Gasteiger partial charge in [-0.2, -0.15) is 0 Å². The van der Waals surface area contributed by atoms with Gasteiger partial charge in [0.25, 0.3) is 0 Å². The molecule has 1 unspecified atom stereocenters. The maximum absolute atomic E-state index is 13.1. The van der Waals surface area contributed by atoms with Crippen LogP contribution in [0, 0.1) is 5.82 Å². The van der Waals surface area contributed by atoms with Gasteiger partial charge >= 0.3 is 0 Å². The monoisotopic (exact) mass is 288 g/mol. The van der Waals surface area contributed by atoms with Gasteiger partial charge in [0, 0.05) is 12.6 Å². The number of rotatable bonds is 5. The molecular weight excluding hydrogens is 271 g/mol. The lowest BCUT2D eigenvalue weighted by molar-refractivity contribution is 0.250. The topological polar surface area (TPSA) is 29.3 Å². The normalized spacial score (nSPS) is 13.1. The highest BCUT2D eigenvalue weighted by Crippen LogP contribution is 2.24. The maximum atomic E-state index is 13.1. The van der Waals surface area contributed by atoms with E-state index in [0.29, 0.717) is 11.0 Å². The molecule has 0 saturated carbocycles. The summed E-state index contributed by atoms with van der Waals surface area (Å²) in [4.78, 5) is 2.19. The minimum Gasteiger partial charge on any atom is -0.329 e. The Morgan fingerprint density at radius 2 is 2.19 bits per heavy atom. The fourth-order valence-corrected chi connectivity index (χ4v) is 2.20. The van der Waals surface area contributed by atoms with Crippen LogP contribution in [-0.4, -0.2) is 25.0 Å². The van der Waals surface area contributed by atoms with Crippen molar-refractivity contribution >= 4 is 15.9 Å². The molecule has 0 spiro atoms. The summed E-state index contributed by atoms with van der Waals surface area (Å²) in [5, 5.41) is 0. The Bertz CT molecular complexity index is 344. The predicted molar refractivity (Wildman–Crippen MR) is 68.8 cm³/mol. The lowest BCUT2D eigenvalue weighted by Gasteiger charge is -2.27. The summed E-state index contributed by atoms with van der Waals surface area (Å²) in [6.07, 6.45) is 1.08. The highest BCUT2D eigenvalue weighted by atomic mass is 79.9. The van der Waals surface area contributed by atoms with Crippen LogP contribution in [0.3, 0.4) is 0 Å². The maximum Gasteiger partial charge on any atom is 0.137 e. The molecule has 0 amide bonds. The van der Waals surface area contributed by atoms with Crippen molar-refractivity contribution in [2.24, 2.45) is 5.73 Å². The molecule has 0 bridgehead atoms. The third kappa shape index (κ3) is 3.27. The van der Waals surface area contributed by atoms with Crippen molar-refractivity contribution in [3.63, 3.8) is 0 Å². The van der Waals surface area contributed by atoms with E-state index in [4.69, 9.17) is 5.73 Å². The quantitative estimate of drug-likeness (QED) is 0.903. The van der Waals surface area contributed by atoms with Crippen LogP contribution in [0.15, 0.2) is 22.7 Å². The Kier molecular flexibility index (Phi) is 5.38. The Morgan fingerprint density at radius 1 is 1.50 bits per heavy atom. The SMILES string of the molecule is CCCN(C)C(CN)c1ccc(F)c(Br)c1. The molecule has 1 aromatic carbocycles. The molecule has 0 fully saturated rings. The molecule has 1 rings (SSSR count). The first-order chi connectivity index (χ1) is 7.60. The van der Waals surface area contributed by atoms with E-state index in [1.54, 1.807) is 12.1 Å². The van der Waals surface area contributed by atoms with Crippen LogP contribution < -0.4 is 5.73 Å². The lowest BCUT2D eigenvalue weighted by Crippen LogP contribution is -2.31. The molecule has 0 aliphatic carbocycles. The second-order valence-corrected chi connectivity index (χ2v) is 4.76. The van der Waals surface area contributed by atoms with Gasteiger partial charge in [0.05, 0.1) is 4.47 Å². The van der Waals surface area contributed by atoms with E-state index in [2.05, 4.69) is 27.8 Å². The fourth-order valence-electron chi connectivity index (χ4n) is 1.80. The van der Waals surface area contributed by atoms with Crippen LogP contribution in [0.25, 0.3) is 0 Å². The van der Waals surface area contributed by atoms with Gasteiger partial charge in [0.1, 0.15) is 5.82 Å². The van der Waals surface area contributed by atoms with Crippen LogP contribution >= 0.6 is 15.9 Å². The van der Waals surface area contributed by atoms with Gasteiger partial charge < -0.3 is 5.73 Å². The third-order valence-corrected chi connectivity index (χ3v) is 3.27. The van der Waals surface area contributed by atoms with Crippen molar-refractivity contribution in [3.05, 3.63) is 34.1 Å². The van der Waals surface area contributed by atoms with Gasteiger partial charge in [-0.3, -0.25) is 4.90 Å². The highest BCUT2D eigenvalue weighted by Gasteiger charge is 2.15. The highest BCUT2D eigenvalue weighted by molar-refractivity contribution is 9.10. The van der Waals surface area contributed by atoms with Crippen LogP contribution in [-0.2, 0) is 0 Å². The van der Waals surface area contributed by atoms with E-state index in [9.17, 15) is 4.39 Å². The summed E-state index contributed by atoms with van der Waals surface area (Å²) in [5.74, 6) is -0.238. The first-order valence-corrected chi connectivity index (χ1v) is 6.24. The summed E-state index contributed by atoms with van der Waals surface area (Å²) in [6, 6.07) is 5.22. The first kappa shape index (κ1) is 13.6. The molecule has 0 aliphatic heterocycles. The molecule has 0 aliphatic rings. The van der Waals surface area contributed by atoms with Gasteiger partial charge in [0.2, 0.25) is 0 Å². The van der Waals surface area contributed by atoms with Crippen molar-refractivity contribution in [3.8, 4) is 0 Å². The molecule has 1 aromatic rings. The van der Waals surface area contributed by atoms with Crippen molar-refractivity contribution in [1.82, 2.24) is 4.90 Å². The Labute approximate surface area is 105 Å². The average Bonchev–Trinajstić information content (AvgIpc) is 2.25. The number of likely N-dealkylation sites (N-methyl/N-ethyl adjacent to an activating group) is 1. The fraction of sp³-hybridized carbons (Fsp3) is 0.500. The molecule has 16 heavy (non-hydrogen) atoms. The minimum absolute atomic E-state index is 0.150. The van der Waals surface area contributed by atoms with Crippen molar-refractivity contribution in [2.45, 2.75) is 19.4 Å². The Balaban J connectivity index is 2.90. The smallest absolute Gasteiger partial charge is 0.137 e. The molecule has 2 nitrogen and oxygen atoms in total. The van der Waals surface area contributed by atoms with Gasteiger partial charge in [0.15, 0.2) is 0 Å². The van der Waals surface area contributed by atoms with Gasteiger partial charge in [-0.15, -0.1) is 0 Å². The van der Waals surface area contributed by atoms with E-state index in [1.807, 2.05) is 7.05 Å². The van der Waals surface area contributed by atoms with E-state index >= 15 is 0 Å². The van der Waals surface area contributed by atoms with Crippen LogP contribution in [0.2, 0.25) is 0 Å². The van der Waals surface area contributed by atoms with Gasteiger partial charge in [-0.1, -0.05) is 13.0 Å². The number of nitrogens with two attached hydrogens (primary N) is 1. The molecule has 1 atom stereocenters. The number of hydrogen-bond donors (Lipinski definition) is 1. The molecule has 90 valence electrons. The lowest BCUT2D eigenvalue weighted by atomic mass is 10.1. The summed E-state index contributed by atoms with van der Waals surface area (Å²) in [5.41, 5.74) is 6.82. The second kappa shape index (κ2) is 6.33. The van der Waals surface area contributed by atoms with Crippen LogP contribution in [0.5, 0.6) is 0 Å². The number of benzene rings is 1. The van der Waals surface area contributed by atoms with Gasteiger partial charge in [-0.05, 0) is 53.6 Å². The minimum atomic E-state index is -0.238. The van der Waals surface area contributed by atoms with E-state index in [0.717, 1.165) is 18.5 Å². The molecule has 2 N–H and O–H groups in total. The molecule has 4 heteroatoms. The van der Waals surface area contributed by atoms with Crippen molar-refractivity contribution in [2.75, 3.05) is 20.1 Å². The van der Waals surface area contributed by atoms with E-state index < -0.39 is 0 Å². The molecule has 0 aromatic heterocycles. The summed E-state index contributed by atoms with van der Waals surface area (Å²) in [6.45, 7) is 3.65. The third-order valence-electron chi connectivity index (χ3n) is 2.66. The predicted octanol–water partition coefficient (Wildman–Crippen LogP) is 2.93. The number of nitrogens with zero attached hydrogens (tertiary/aromatic N) is 1. The Hall–Kier alpha value is -0.450. The first-order valence-electron chi connectivity index (χ1n) is 5.45. The van der Waals surface area contributed by atoms with Crippen molar-refractivity contribution < 1.29 is 4.39 Å². The average molecular weight is 289 g/mol. The van der Waals surface area contributed by atoms with Crippen LogP contribution in [0.1, 0.15) is 24.9 Å². The second-order valence-electron chi connectivity index (χ2n) is 3.91. The standard InChI is InChI=1S/C12H18BrFN2/c1-3-6-16(2)12(8-15)9-4-5-11(14)10(13)7-9/h4-5,7,12H,3,6,8,15H2,1-2H3. The largest absolute Gasteiger partial charge is 0.329 e. The van der Waals surface area contributed by atoms with E-state index in [-0.39, 0.29) is 11.9 Å². The zero-order chi connectivity index (χ0) is 12.1. The molecule has 0 saturated heterocycles. The molecular formula is C12H18BrFN2. The number of hydrogen-bond acceptors (Lipinski definition) is 2. The van der Waals surface area contributed by atoms with Crippen LogP contribution in [0.4, 0.5) is 4.39 Å². The zero-order valence-electron chi connectivity index (χ0n) is 9.71. The summed E-state index contributed by atoms with van der Waals surface area (Å²) >= 11 is 3.20.